The molecule has 0 atom stereocenters. The van der Waals surface area contributed by atoms with E-state index >= 15 is 0 Å². The average molecular weight is 709 g/mol. The lowest BCUT2D eigenvalue weighted by atomic mass is 9.97. The molecule has 0 N–H and O–H groups in total. The third-order valence-corrected chi connectivity index (χ3v) is 8.03. The van der Waals surface area contributed by atoms with E-state index in [0.29, 0.717) is 13.1 Å². The summed E-state index contributed by atoms with van der Waals surface area (Å²) in [5.74, 6) is -3.66. The van der Waals surface area contributed by atoms with Crippen molar-refractivity contribution >= 4 is 35.7 Å². The van der Waals surface area contributed by atoms with Crippen LogP contribution >= 0.6 is 0 Å². The SMILES string of the molecule is CCN(C(=O)Oc1ccccc1C(=O)c1ccccc1C(=O)OOC(=O)c1ccccc1C(=O)c1ccccc1OC(=O)N(CC)C(C)C)C(C)C. The van der Waals surface area contributed by atoms with E-state index < -0.39 is 35.7 Å². The zero-order valence-electron chi connectivity index (χ0n) is 29.8. The van der Waals surface area contributed by atoms with E-state index in [1.165, 1.54) is 82.6 Å². The second kappa shape index (κ2) is 17.6. The first kappa shape index (κ1) is 38.5. The number of ether oxygens (including phenoxy) is 2. The molecule has 0 heterocycles. The van der Waals surface area contributed by atoms with Crippen molar-refractivity contribution in [2.75, 3.05) is 13.1 Å². The van der Waals surface area contributed by atoms with Crippen molar-refractivity contribution < 1.29 is 48.0 Å². The van der Waals surface area contributed by atoms with Crippen molar-refractivity contribution in [2.24, 2.45) is 0 Å². The van der Waals surface area contributed by atoms with Gasteiger partial charge in [-0.3, -0.25) is 9.59 Å². The fourth-order valence-corrected chi connectivity index (χ4v) is 5.38. The van der Waals surface area contributed by atoms with Gasteiger partial charge in [0.25, 0.3) is 0 Å². The van der Waals surface area contributed by atoms with Gasteiger partial charge < -0.3 is 19.3 Å². The Labute approximate surface area is 301 Å². The minimum Gasteiger partial charge on any atom is -0.409 e. The number of rotatable bonds is 12. The van der Waals surface area contributed by atoms with E-state index in [1.807, 2.05) is 27.7 Å². The number of ketones is 2. The lowest BCUT2D eigenvalue weighted by molar-refractivity contribution is -0.187. The van der Waals surface area contributed by atoms with Gasteiger partial charge in [0, 0.05) is 36.3 Å². The highest BCUT2D eigenvalue weighted by molar-refractivity contribution is 6.17. The number of para-hydroxylation sites is 2. The third kappa shape index (κ3) is 8.88. The fraction of sp³-hybridized carbons (Fsp3) is 0.250. The molecule has 270 valence electrons. The molecule has 0 saturated carbocycles. The maximum Gasteiger partial charge on any atom is 0.415 e. The van der Waals surface area contributed by atoms with Crippen molar-refractivity contribution in [3.05, 3.63) is 130 Å². The molecule has 0 aliphatic carbocycles. The number of benzene rings is 4. The standard InChI is InChI=1S/C40H40N2O10/c1-7-41(25(3)4)39(47)49-33-23-15-13-21-31(33)35(43)27-17-9-11-19-29(27)37(45)51-52-38(46)30-20-12-10-18-28(30)36(44)32-22-14-16-24-34(32)50-40(48)42(8-2)26(5)6/h9-26H,7-8H2,1-6H3. The molecule has 0 unspecified atom stereocenters. The minimum atomic E-state index is -1.17. The van der Waals surface area contributed by atoms with Gasteiger partial charge in [-0.05, 0) is 77.9 Å². The molecule has 0 saturated heterocycles. The van der Waals surface area contributed by atoms with Gasteiger partial charge in [0.05, 0.1) is 22.3 Å². The van der Waals surface area contributed by atoms with Crippen LogP contribution in [0.3, 0.4) is 0 Å². The number of carbonyl (C=O) groups excluding carboxylic acids is 6. The summed E-state index contributed by atoms with van der Waals surface area (Å²) in [6.07, 6.45) is -1.29. The van der Waals surface area contributed by atoms with E-state index in [4.69, 9.17) is 19.2 Å². The van der Waals surface area contributed by atoms with E-state index in [0.717, 1.165) is 0 Å². The highest BCUT2D eigenvalue weighted by atomic mass is 17.2. The predicted octanol–water partition coefficient (Wildman–Crippen LogP) is 7.54. The Bertz CT molecular complexity index is 1830. The Morgan fingerprint density at radius 2 is 0.750 bits per heavy atom. The fourth-order valence-electron chi connectivity index (χ4n) is 5.38. The molecule has 0 radical (unpaired) electrons. The maximum absolute atomic E-state index is 13.8. The first-order valence-electron chi connectivity index (χ1n) is 16.7. The van der Waals surface area contributed by atoms with E-state index in [1.54, 1.807) is 38.1 Å². The highest BCUT2D eigenvalue weighted by Crippen LogP contribution is 2.27. The van der Waals surface area contributed by atoms with E-state index in [9.17, 15) is 28.8 Å². The summed E-state index contributed by atoms with van der Waals surface area (Å²) in [7, 11) is 0. The van der Waals surface area contributed by atoms with Crippen LogP contribution in [0.5, 0.6) is 11.5 Å². The van der Waals surface area contributed by atoms with Gasteiger partial charge in [-0.2, -0.15) is 0 Å². The van der Waals surface area contributed by atoms with Crippen LogP contribution < -0.4 is 9.47 Å². The quantitative estimate of drug-likeness (QED) is 0.0822. The molecule has 2 amide bonds. The van der Waals surface area contributed by atoms with Crippen molar-refractivity contribution in [3.8, 4) is 11.5 Å². The number of hydrogen-bond donors (Lipinski definition) is 0. The van der Waals surface area contributed by atoms with Crippen LogP contribution in [0.15, 0.2) is 97.1 Å². The summed E-state index contributed by atoms with van der Waals surface area (Å²) in [6.45, 7) is 11.7. The van der Waals surface area contributed by atoms with Gasteiger partial charge in [-0.1, -0.05) is 60.7 Å². The molecule has 0 spiro atoms. The highest BCUT2D eigenvalue weighted by Gasteiger charge is 2.28. The molecule has 12 heteroatoms. The van der Waals surface area contributed by atoms with Gasteiger partial charge in [0.2, 0.25) is 0 Å². The number of nitrogens with zero attached hydrogens (tertiary/aromatic N) is 2. The van der Waals surface area contributed by atoms with Gasteiger partial charge in [0.1, 0.15) is 11.5 Å². The normalized spacial score (nSPS) is 10.7. The summed E-state index contributed by atoms with van der Waals surface area (Å²) in [6, 6.07) is 23.3. The lowest BCUT2D eigenvalue weighted by Gasteiger charge is -2.24. The zero-order valence-corrected chi connectivity index (χ0v) is 29.8. The van der Waals surface area contributed by atoms with Crippen molar-refractivity contribution in [2.45, 2.75) is 53.6 Å². The number of carbonyl (C=O) groups is 6. The summed E-state index contributed by atoms with van der Waals surface area (Å²) in [5, 5.41) is 0. The molecule has 0 bridgehead atoms. The van der Waals surface area contributed by atoms with Crippen molar-refractivity contribution in [1.82, 2.24) is 9.80 Å². The molecule has 0 aromatic heterocycles. The molecule has 0 aliphatic heterocycles. The Morgan fingerprint density at radius 3 is 1.06 bits per heavy atom. The zero-order chi connectivity index (χ0) is 37.9. The molecule has 52 heavy (non-hydrogen) atoms. The van der Waals surface area contributed by atoms with Crippen LogP contribution in [0.1, 0.15) is 94.1 Å². The summed E-state index contributed by atoms with van der Waals surface area (Å²) >= 11 is 0. The monoisotopic (exact) mass is 708 g/mol. The molecule has 4 aromatic carbocycles. The topological polar surface area (TPSA) is 146 Å². The molecule has 0 fully saturated rings. The summed E-state index contributed by atoms with van der Waals surface area (Å²) in [4.78, 5) is 92.4. The first-order valence-corrected chi connectivity index (χ1v) is 16.7. The first-order chi connectivity index (χ1) is 24.9. The van der Waals surface area contributed by atoms with Crippen LogP contribution in [-0.4, -0.2) is 70.7 Å². The molecular formula is C40H40N2O10. The van der Waals surface area contributed by atoms with Gasteiger partial charge in [-0.25, -0.2) is 29.0 Å². The number of amides is 2. The second-order valence-electron chi connectivity index (χ2n) is 12.0. The smallest absolute Gasteiger partial charge is 0.409 e. The maximum atomic E-state index is 13.8. The van der Waals surface area contributed by atoms with Crippen LogP contribution in [0, 0.1) is 0 Å². The van der Waals surface area contributed by atoms with Crippen LogP contribution in [-0.2, 0) is 9.78 Å². The Morgan fingerprint density at radius 1 is 0.462 bits per heavy atom. The van der Waals surface area contributed by atoms with Gasteiger partial charge >= 0.3 is 24.1 Å². The Balaban J connectivity index is 1.54. The molecule has 4 rings (SSSR count). The van der Waals surface area contributed by atoms with E-state index in [-0.39, 0.29) is 57.0 Å². The second-order valence-corrected chi connectivity index (χ2v) is 12.0. The summed E-state index contributed by atoms with van der Waals surface area (Å²) in [5.41, 5.74) is -0.660. The van der Waals surface area contributed by atoms with Crippen LogP contribution in [0.2, 0.25) is 0 Å². The average Bonchev–Trinajstić information content (AvgIpc) is 3.13. The predicted molar refractivity (Wildman–Crippen MR) is 191 cm³/mol. The molecule has 4 aromatic rings. The lowest BCUT2D eigenvalue weighted by Crippen LogP contribution is -2.38. The Hall–Kier alpha value is -6.30. The van der Waals surface area contributed by atoms with Crippen LogP contribution in [0.4, 0.5) is 9.59 Å². The van der Waals surface area contributed by atoms with Gasteiger partial charge in [0.15, 0.2) is 11.6 Å². The molecular weight excluding hydrogens is 668 g/mol. The largest absolute Gasteiger partial charge is 0.415 e. The number of hydrogen-bond acceptors (Lipinski definition) is 10. The van der Waals surface area contributed by atoms with Crippen LogP contribution in [0.25, 0.3) is 0 Å². The third-order valence-electron chi connectivity index (χ3n) is 8.03. The minimum absolute atomic E-state index is 0.00794. The molecule has 12 nitrogen and oxygen atoms in total. The molecule has 0 aliphatic rings. The van der Waals surface area contributed by atoms with E-state index in [2.05, 4.69) is 0 Å². The summed E-state index contributed by atoms with van der Waals surface area (Å²) < 4.78 is 11.1. The Kier molecular flexibility index (Phi) is 13.0. The van der Waals surface area contributed by atoms with Gasteiger partial charge in [-0.15, -0.1) is 0 Å². The van der Waals surface area contributed by atoms with Crippen molar-refractivity contribution in [1.29, 1.82) is 0 Å². The van der Waals surface area contributed by atoms with Crippen molar-refractivity contribution in [3.63, 3.8) is 0 Å².